The van der Waals surface area contributed by atoms with E-state index in [-0.39, 0.29) is 60.6 Å². The average molecular weight is 582 g/mol. The first-order chi connectivity index (χ1) is 19.9. The number of carboxylic acids is 1. The Kier molecular flexibility index (Phi) is 12.4. The molecule has 3 amide bonds. The van der Waals surface area contributed by atoms with Crippen molar-refractivity contribution in [1.29, 1.82) is 0 Å². The summed E-state index contributed by atoms with van der Waals surface area (Å²) < 4.78 is 15.9. The van der Waals surface area contributed by atoms with Gasteiger partial charge in [-0.2, -0.15) is 0 Å². The van der Waals surface area contributed by atoms with Gasteiger partial charge in [-0.05, 0) is 42.7 Å². The Bertz CT molecular complexity index is 1480. The molecule has 0 bridgehead atoms. The van der Waals surface area contributed by atoms with E-state index in [4.69, 9.17) is 13.9 Å². The van der Waals surface area contributed by atoms with Crippen LogP contribution in [0.1, 0.15) is 29.0 Å². The minimum Gasteiger partial charge on any atom is -0.546 e. The van der Waals surface area contributed by atoms with Crippen molar-refractivity contribution in [1.82, 2.24) is 10.6 Å². The normalized spacial score (nSPS) is 11.0. The number of anilines is 1. The van der Waals surface area contributed by atoms with E-state index in [1.54, 1.807) is 36.4 Å². The number of nitrogens with one attached hydrogen (secondary N) is 3. The van der Waals surface area contributed by atoms with Gasteiger partial charge in [-0.3, -0.25) is 9.59 Å². The maximum atomic E-state index is 13.2. The molecule has 0 aliphatic rings. The number of carbonyl (C=O) groups excluding carboxylic acids is 4. The third-order valence-electron chi connectivity index (χ3n) is 5.88. The van der Waals surface area contributed by atoms with Gasteiger partial charge < -0.3 is 39.7 Å². The molecule has 0 aliphatic carbocycles. The van der Waals surface area contributed by atoms with Gasteiger partial charge in [0.1, 0.15) is 30.6 Å². The van der Waals surface area contributed by atoms with Crippen LogP contribution < -0.4 is 55.4 Å². The zero-order valence-corrected chi connectivity index (χ0v) is 25.0. The summed E-state index contributed by atoms with van der Waals surface area (Å²) in [6.45, 7) is -0.324. The molecule has 1 aromatic heterocycles. The maximum absolute atomic E-state index is 13.2. The number of amides is 3. The number of alkyl carbamates (subject to hydrolysis) is 1. The summed E-state index contributed by atoms with van der Waals surface area (Å²) in [6, 6.07) is 23.1. The third-order valence-corrected chi connectivity index (χ3v) is 5.88. The number of benzene rings is 3. The van der Waals surface area contributed by atoms with Gasteiger partial charge in [0.05, 0.1) is 5.97 Å². The van der Waals surface area contributed by atoms with E-state index in [1.165, 1.54) is 12.1 Å². The minimum atomic E-state index is -1.38. The topological polar surface area (TPSA) is 159 Å². The first-order valence-electron chi connectivity index (χ1n) is 12.8. The third kappa shape index (κ3) is 9.95. The van der Waals surface area contributed by atoms with Crippen LogP contribution >= 0.6 is 0 Å². The molecular formula is C30H28N3NaO8. The molecule has 12 heteroatoms. The average Bonchev–Trinajstić information content (AvgIpc) is 3.42. The first-order valence-corrected chi connectivity index (χ1v) is 12.8. The van der Waals surface area contributed by atoms with Gasteiger partial charge in [0, 0.05) is 23.7 Å². The van der Waals surface area contributed by atoms with Crippen molar-refractivity contribution >= 4 is 40.5 Å². The monoisotopic (exact) mass is 581 g/mol. The quantitative estimate of drug-likeness (QED) is 0.147. The van der Waals surface area contributed by atoms with Crippen LogP contribution in [0.25, 0.3) is 11.0 Å². The molecular weight excluding hydrogens is 553 g/mol. The molecule has 0 aliphatic heterocycles. The van der Waals surface area contributed by atoms with Gasteiger partial charge in [0.15, 0.2) is 5.76 Å². The van der Waals surface area contributed by atoms with Crippen molar-refractivity contribution in [2.75, 3.05) is 18.5 Å². The molecule has 4 aromatic rings. The fourth-order valence-corrected chi connectivity index (χ4v) is 3.90. The molecule has 0 fully saturated rings. The van der Waals surface area contributed by atoms with Gasteiger partial charge in [-0.1, -0.05) is 54.6 Å². The van der Waals surface area contributed by atoms with E-state index in [0.29, 0.717) is 17.7 Å². The van der Waals surface area contributed by atoms with Crippen molar-refractivity contribution in [3.63, 3.8) is 0 Å². The van der Waals surface area contributed by atoms with E-state index in [1.807, 2.05) is 36.4 Å². The molecule has 11 nitrogen and oxygen atoms in total. The number of rotatable bonds is 13. The molecule has 0 saturated heterocycles. The van der Waals surface area contributed by atoms with Crippen LogP contribution in [0.2, 0.25) is 0 Å². The zero-order valence-electron chi connectivity index (χ0n) is 23.0. The smallest absolute Gasteiger partial charge is 0.546 e. The minimum absolute atomic E-state index is 0. The molecule has 1 heterocycles. The number of aliphatic carboxylic acids is 1. The molecule has 0 radical (unpaired) electrons. The Labute approximate surface area is 263 Å². The van der Waals surface area contributed by atoms with Gasteiger partial charge in [-0.15, -0.1) is 0 Å². The van der Waals surface area contributed by atoms with Crippen molar-refractivity contribution < 1.29 is 67.7 Å². The zero-order chi connectivity index (χ0) is 29.0. The van der Waals surface area contributed by atoms with Crippen LogP contribution in [-0.4, -0.2) is 43.1 Å². The van der Waals surface area contributed by atoms with Crippen LogP contribution in [0.15, 0.2) is 89.3 Å². The fraction of sp³-hybridized carbons (Fsp3) is 0.200. The predicted molar refractivity (Wildman–Crippen MR) is 147 cm³/mol. The number of hydrogen-bond acceptors (Lipinski definition) is 8. The first kappa shape index (κ1) is 32.2. The van der Waals surface area contributed by atoms with Crippen LogP contribution in [0, 0.1) is 0 Å². The molecule has 42 heavy (non-hydrogen) atoms. The largest absolute Gasteiger partial charge is 1.00 e. The molecule has 3 aromatic carbocycles. The molecule has 1 atom stereocenters. The second-order valence-corrected chi connectivity index (χ2v) is 8.98. The summed E-state index contributed by atoms with van der Waals surface area (Å²) >= 11 is 0. The number of hydrogen-bond donors (Lipinski definition) is 3. The van der Waals surface area contributed by atoms with Crippen molar-refractivity contribution in [2.45, 2.75) is 25.5 Å². The Balaban J connectivity index is 0.00000484. The number of para-hydroxylation sites is 1. The number of carbonyl (C=O) groups is 4. The van der Waals surface area contributed by atoms with E-state index >= 15 is 0 Å². The molecule has 0 saturated carbocycles. The van der Waals surface area contributed by atoms with E-state index < -0.39 is 36.5 Å². The van der Waals surface area contributed by atoms with E-state index in [2.05, 4.69) is 16.0 Å². The second kappa shape index (κ2) is 16.2. The van der Waals surface area contributed by atoms with Crippen LogP contribution in [0.4, 0.5) is 10.5 Å². The summed E-state index contributed by atoms with van der Waals surface area (Å²) in [6.07, 6.45) is -0.0831. The van der Waals surface area contributed by atoms with Gasteiger partial charge in [0.2, 0.25) is 5.91 Å². The van der Waals surface area contributed by atoms with E-state index in [0.717, 1.165) is 10.9 Å². The molecule has 0 unspecified atom stereocenters. The predicted octanol–water partition coefficient (Wildman–Crippen LogP) is 0.00920. The van der Waals surface area contributed by atoms with Crippen LogP contribution in [0.5, 0.6) is 5.75 Å². The Morgan fingerprint density at radius 1 is 0.905 bits per heavy atom. The van der Waals surface area contributed by atoms with Crippen molar-refractivity contribution in [2.24, 2.45) is 0 Å². The molecule has 212 valence electrons. The summed E-state index contributed by atoms with van der Waals surface area (Å²) in [5, 5.41) is 19.5. The molecule has 0 spiro atoms. The Morgan fingerprint density at radius 2 is 1.67 bits per heavy atom. The number of furan rings is 1. The maximum Gasteiger partial charge on any atom is 1.00 e. The van der Waals surface area contributed by atoms with Gasteiger partial charge >= 0.3 is 35.7 Å². The van der Waals surface area contributed by atoms with E-state index in [9.17, 15) is 24.3 Å². The van der Waals surface area contributed by atoms with Crippen LogP contribution in [-0.2, 0) is 20.9 Å². The number of carboxylic acid groups (broad SMARTS) is 1. The summed E-state index contributed by atoms with van der Waals surface area (Å²) in [5.74, 6) is -2.23. The summed E-state index contributed by atoms with van der Waals surface area (Å²) in [4.78, 5) is 48.9. The molecule has 3 N–H and O–H groups in total. The Morgan fingerprint density at radius 3 is 2.43 bits per heavy atom. The fourth-order valence-electron chi connectivity index (χ4n) is 3.90. The summed E-state index contributed by atoms with van der Waals surface area (Å²) in [7, 11) is 0. The summed E-state index contributed by atoms with van der Waals surface area (Å²) in [5.41, 5.74) is 1.71. The number of fused-ring (bicyclic) bond motifs is 1. The molecule has 4 rings (SSSR count). The SMILES string of the molecule is O=C([O-])COc1cccc(NC(=O)[C@H](CCCNC(=O)OCc2ccccc2)NC(=O)c2cc3ccccc3o2)c1.[Na+]. The van der Waals surface area contributed by atoms with Crippen molar-refractivity contribution in [3.05, 3.63) is 96.3 Å². The van der Waals surface area contributed by atoms with Gasteiger partial charge in [-0.25, -0.2) is 4.79 Å². The van der Waals surface area contributed by atoms with Gasteiger partial charge in [0.25, 0.3) is 5.91 Å². The van der Waals surface area contributed by atoms with Crippen LogP contribution in [0.3, 0.4) is 0 Å². The Hall–Kier alpha value is -4.32. The second-order valence-electron chi connectivity index (χ2n) is 8.98. The standard InChI is InChI=1S/C30H29N3O8.Na/c34-27(35)19-39-23-12-6-11-22(17-23)32-28(36)24(33-29(37)26-16-21-10-4-5-14-25(21)41-26)13-7-15-31-30(38)40-18-20-8-2-1-3-9-20;/h1-6,8-12,14,16-17,24H,7,13,15,18-19H2,(H,31,38)(H,32,36)(H,33,37)(H,34,35);/q;+1/p-1/t24-;/m0./s1. The van der Waals surface area contributed by atoms with Crippen molar-refractivity contribution in [3.8, 4) is 5.75 Å². The number of ether oxygens (including phenoxy) is 2.